The summed E-state index contributed by atoms with van der Waals surface area (Å²) < 4.78 is 10.4. The highest BCUT2D eigenvalue weighted by atomic mass is 16.6. The molecule has 0 unspecified atom stereocenters. The molecular formula is C15H11NO3. The van der Waals surface area contributed by atoms with Crippen molar-refractivity contribution in [2.24, 2.45) is 0 Å². The average Bonchev–Trinajstić information content (AvgIpc) is 2.87. The predicted octanol–water partition coefficient (Wildman–Crippen LogP) is 4.04. The molecule has 4 nitrogen and oxygen atoms in total. The smallest absolute Gasteiger partial charge is 0.417 e. The van der Waals surface area contributed by atoms with Crippen molar-refractivity contribution < 1.29 is 13.9 Å². The van der Waals surface area contributed by atoms with E-state index in [4.69, 9.17) is 9.15 Å². The minimum Gasteiger partial charge on any atom is -0.464 e. The summed E-state index contributed by atoms with van der Waals surface area (Å²) in [5.41, 5.74) is 1.44. The van der Waals surface area contributed by atoms with Crippen LogP contribution in [0.4, 0.5) is 10.5 Å². The molecule has 0 saturated carbocycles. The van der Waals surface area contributed by atoms with Crippen LogP contribution in [0.5, 0.6) is 5.75 Å². The first kappa shape index (κ1) is 11.3. The summed E-state index contributed by atoms with van der Waals surface area (Å²) in [7, 11) is 0. The number of benzene rings is 2. The number of rotatable bonds is 2. The van der Waals surface area contributed by atoms with Crippen LogP contribution in [0.25, 0.3) is 11.0 Å². The highest BCUT2D eigenvalue weighted by Gasteiger charge is 2.05. The molecule has 0 saturated heterocycles. The average molecular weight is 253 g/mol. The molecule has 0 spiro atoms. The van der Waals surface area contributed by atoms with Gasteiger partial charge in [0.1, 0.15) is 11.3 Å². The Morgan fingerprint density at radius 2 is 1.89 bits per heavy atom. The lowest BCUT2D eigenvalue weighted by Gasteiger charge is -2.06. The number of hydrogen-bond acceptors (Lipinski definition) is 3. The molecule has 0 atom stereocenters. The summed E-state index contributed by atoms with van der Waals surface area (Å²) in [6, 6.07) is 16.1. The number of ether oxygens (including phenoxy) is 1. The molecule has 1 heterocycles. The largest absolute Gasteiger partial charge is 0.464 e. The maximum atomic E-state index is 11.7. The van der Waals surface area contributed by atoms with Crippen molar-refractivity contribution in [1.82, 2.24) is 0 Å². The number of hydrogen-bond donors (Lipinski definition) is 1. The fourth-order valence-corrected chi connectivity index (χ4v) is 1.78. The molecule has 19 heavy (non-hydrogen) atoms. The number of para-hydroxylation sites is 1. The maximum absolute atomic E-state index is 11.7. The van der Waals surface area contributed by atoms with Gasteiger partial charge in [0, 0.05) is 11.1 Å². The number of carbonyl (C=O) groups excluding carboxylic acids is 1. The first-order valence-electron chi connectivity index (χ1n) is 5.82. The third kappa shape index (κ3) is 2.57. The van der Waals surface area contributed by atoms with E-state index in [1.165, 1.54) is 0 Å². The van der Waals surface area contributed by atoms with Gasteiger partial charge < -0.3 is 9.15 Å². The monoisotopic (exact) mass is 253 g/mol. The van der Waals surface area contributed by atoms with Gasteiger partial charge in [0.2, 0.25) is 0 Å². The molecule has 0 fully saturated rings. The zero-order chi connectivity index (χ0) is 13.1. The highest BCUT2D eigenvalue weighted by Crippen LogP contribution is 2.20. The molecule has 0 radical (unpaired) electrons. The van der Waals surface area contributed by atoms with Crippen LogP contribution in [-0.4, -0.2) is 6.09 Å². The lowest BCUT2D eigenvalue weighted by atomic mass is 10.2. The molecule has 3 rings (SSSR count). The van der Waals surface area contributed by atoms with Crippen molar-refractivity contribution in [1.29, 1.82) is 0 Å². The normalized spacial score (nSPS) is 10.3. The van der Waals surface area contributed by atoms with Crippen LogP contribution in [-0.2, 0) is 0 Å². The first-order chi connectivity index (χ1) is 9.31. The molecule has 0 aliphatic carbocycles. The van der Waals surface area contributed by atoms with E-state index in [9.17, 15) is 4.79 Å². The van der Waals surface area contributed by atoms with E-state index in [0.29, 0.717) is 11.4 Å². The van der Waals surface area contributed by atoms with E-state index >= 15 is 0 Å². The zero-order valence-electron chi connectivity index (χ0n) is 10.00. The van der Waals surface area contributed by atoms with Crippen LogP contribution in [0.2, 0.25) is 0 Å². The van der Waals surface area contributed by atoms with Gasteiger partial charge in [-0.15, -0.1) is 0 Å². The number of amides is 1. The molecule has 0 aliphatic rings. The Hall–Kier alpha value is -2.75. The molecule has 0 bridgehead atoms. The molecule has 1 amide bonds. The number of carbonyl (C=O) groups is 1. The van der Waals surface area contributed by atoms with E-state index in [1.54, 1.807) is 42.7 Å². The van der Waals surface area contributed by atoms with Crippen LogP contribution in [0.15, 0.2) is 65.3 Å². The first-order valence-corrected chi connectivity index (χ1v) is 5.82. The van der Waals surface area contributed by atoms with Gasteiger partial charge in [-0.1, -0.05) is 18.2 Å². The Morgan fingerprint density at radius 1 is 1.05 bits per heavy atom. The number of fused-ring (bicyclic) bond motifs is 1. The van der Waals surface area contributed by atoms with Gasteiger partial charge >= 0.3 is 6.09 Å². The zero-order valence-corrected chi connectivity index (χ0v) is 10.00. The summed E-state index contributed by atoms with van der Waals surface area (Å²) in [5.74, 6) is 0.504. The fourth-order valence-electron chi connectivity index (χ4n) is 1.78. The van der Waals surface area contributed by atoms with E-state index in [-0.39, 0.29) is 0 Å². The second-order valence-electron chi connectivity index (χ2n) is 4.00. The molecule has 94 valence electrons. The lowest BCUT2D eigenvalue weighted by molar-refractivity contribution is 0.215. The summed E-state index contributed by atoms with van der Waals surface area (Å²) in [6.07, 6.45) is 1.09. The maximum Gasteiger partial charge on any atom is 0.417 e. The van der Waals surface area contributed by atoms with Crippen molar-refractivity contribution in [2.75, 3.05) is 5.32 Å². The number of furan rings is 1. The number of anilines is 1. The third-order valence-corrected chi connectivity index (χ3v) is 2.65. The Bertz CT molecular complexity index is 703. The Balaban J connectivity index is 1.72. The van der Waals surface area contributed by atoms with E-state index in [1.807, 2.05) is 18.2 Å². The minimum absolute atomic E-state index is 0.504. The standard InChI is InChI=1S/C15H11NO3/c17-15(19-13-4-2-1-3-5-13)16-12-6-7-14-11(10-12)8-9-18-14/h1-10H,(H,16,17). The second-order valence-corrected chi connectivity index (χ2v) is 4.00. The van der Waals surface area contributed by atoms with Crippen molar-refractivity contribution in [3.8, 4) is 5.75 Å². The fraction of sp³-hybridized carbons (Fsp3) is 0. The Morgan fingerprint density at radius 3 is 2.74 bits per heavy atom. The summed E-state index contributed by atoms with van der Waals surface area (Å²) in [5, 5.41) is 3.60. The van der Waals surface area contributed by atoms with Gasteiger partial charge in [-0.3, -0.25) is 5.32 Å². The van der Waals surface area contributed by atoms with E-state index in [2.05, 4.69) is 5.32 Å². The number of nitrogens with one attached hydrogen (secondary N) is 1. The van der Waals surface area contributed by atoms with E-state index in [0.717, 1.165) is 11.0 Å². The molecule has 1 aromatic heterocycles. The molecule has 2 aromatic carbocycles. The second kappa shape index (κ2) is 4.86. The van der Waals surface area contributed by atoms with Gasteiger partial charge in [0.05, 0.1) is 6.26 Å². The van der Waals surface area contributed by atoms with Gasteiger partial charge in [-0.25, -0.2) is 4.79 Å². The summed E-state index contributed by atoms with van der Waals surface area (Å²) >= 11 is 0. The van der Waals surface area contributed by atoms with Crippen LogP contribution < -0.4 is 10.1 Å². The van der Waals surface area contributed by atoms with Crippen molar-refractivity contribution in [2.45, 2.75) is 0 Å². The van der Waals surface area contributed by atoms with Gasteiger partial charge in [-0.05, 0) is 36.4 Å². The summed E-state index contributed by atoms with van der Waals surface area (Å²) in [6.45, 7) is 0. The lowest BCUT2D eigenvalue weighted by Crippen LogP contribution is -2.16. The topological polar surface area (TPSA) is 51.5 Å². The molecule has 4 heteroatoms. The van der Waals surface area contributed by atoms with Crippen LogP contribution in [0.1, 0.15) is 0 Å². The Kier molecular flexibility index (Phi) is 2.90. The third-order valence-electron chi connectivity index (χ3n) is 2.65. The van der Waals surface area contributed by atoms with Crippen LogP contribution in [0.3, 0.4) is 0 Å². The molecule has 3 aromatic rings. The SMILES string of the molecule is O=C(Nc1ccc2occc2c1)Oc1ccccc1. The van der Waals surface area contributed by atoms with Gasteiger partial charge in [-0.2, -0.15) is 0 Å². The molecule has 1 N–H and O–H groups in total. The van der Waals surface area contributed by atoms with Crippen molar-refractivity contribution >= 4 is 22.7 Å². The van der Waals surface area contributed by atoms with E-state index < -0.39 is 6.09 Å². The quantitative estimate of drug-likeness (QED) is 0.749. The predicted molar refractivity (Wildman–Crippen MR) is 72.3 cm³/mol. The molecule has 0 aliphatic heterocycles. The summed E-state index contributed by atoms with van der Waals surface area (Å²) in [4.78, 5) is 11.7. The van der Waals surface area contributed by atoms with Crippen molar-refractivity contribution in [3.63, 3.8) is 0 Å². The van der Waals surface area contributed by atoms with Gasteiger partial charge in [0.25, 0.3) is 0 Å². The van der Waals surface area contributed by atoms with Crippen molar-refractivity contribution in [3.05, 3.63) is 60.9 Å². The minimum atomic E-state index is -0.519. The van der Waals surface area contributed by atoms with Crippen LogP contribution in [0, 0.1) is 0 Å². The van der Waals surface area contributed by atoms with Gasteiger partial charge in [0.15, 0.2) is 0 Å². The van der Waals surface area contributed by atoms with Crippen LogP contribution >= 0.6 is 0 Å². The highest BCUT2D eigenvalue weighted by molar-refractivity contribution is 5.90. The molecular weight excluding hydrogens is 242 g/mol. The Labute approximate surface area is 109 Å².